The molecule has 1 aliphatic rings. The van der Waals surface area contributed by atoms with Crippen molar-refractivity contribution in [3.63, 3.8) is 0 Å². The molecule has 1 aromatic heterocycles. The van der Waals surface area contributed by atoms with Crippen LogP contribution in [0.3, 0.4) is 0 Å². The molecule has 1 fully saturated rings. The number of hydrogen-bond donors (Lipinski definition) is 1. The molecule has 1 saturated heterocycles. The molecule has 0 saturated carbocycles. The minimum Gasteiger partial charge on any atom is -0.372 e. The van der Waals surface area contributed by atoms with Gasteiger partial charge in [-0.2, -0.15) is 4.68 Å². The number of carbonyl (C=O) groups excluding carboxylic acids is 1. The largest absolute Gasteiger partial charge is 0.372 e. The van der Waals surface area contributed by atoms with Crippen LogP contribution < -0.4 is 10.2 Å². The Balaban J connectivity index is 1.41. The number of carbonyl (C=O) groups is 1. The Morgan fingerprint density at radius 1 is 1.06 bits per heavy atom. The predicted octanol–water partition coefficient (Wildman–Crippen LogP) is 4.39. The molecule has 2 heterocycles. The summed E-state index contributed by atoms with van der Waals surface area (Å²) in [7, 11) is 0. The maximum Gasteiger partial charge on any atom is 0.237 e. The van der Waals surface area contributed by atoms with Crippen LogP contribution in [-0.4, -0.2) is 44.5 Å². The highest BCUT2D eigenvalue weighted by Crippen LogP contribution is 2.27. The molecular weight excluding hydrogens is 408 g/mol. The fraction of sp³-hybridized carbons (Fsp3) is 0.391. The quantitative estimate of drug-likeness (QED) is 0.578. The number of thioether (sulfide) groups is 1. The number of hydrogen-bond acceptors (Lipinski definition) is 6. The molecule has 31 heavy (non-hydrogen) atoms. The first-order chi connectivity index (χ1) is 15.0. The first kappa shape index (κ1) is 21.4. The van der Waals surface area contributed by atoms with Gasteiger partial charge in [-0.15, -0.1) is 5.10 Å². The fourth-order valence-electron chi connectivity index (χ4n) is 3.73. The average molecular weight is 437 g/mol. The van der Waals surface area contributed by atoms with Crippen molar-refractivity contribution in [1.29, 1.82) is 0 Å². The molecule has 2 aromatic carbocycles. The van der Waals surface area contributed by atoms with E-state index in [1.54, 1.807) is 4.68 Å². The summed E-state index contributed by atoms with van der Waals surface area (Å²) >= 11 is 1.35. The summed E-state index contributed by atoms with van der Waals surface area (Å²) in [4.78, 5) is 15.2. The molecule has 0 spiro atoms. The van der Waals surface area contributed by atoms with Crippen LogP contribution in [0.15, 0.2) is 47.6 Å². The summed E-state index contributed by atoms with van der Waals surface area (Å²) < 4.78 is 1.70. The molecule has 1 N–H and O–H groups in total. The molecule has 1 unspecified atom stereocenters. The third-order valence-electron chi connectivity index (χ3n) is 5.75. The Kier molecular flexibility index (Phi) is 6.56. The molecule has 7 nitrogen and oxygen atoms in total. The standard InChI is InChI=1S/C23H28N6OS/c1-16-8-7-9-21(17(16)2)29-23(25-26-27-29)31-18(3)22(30)24-19-10-12-20(13-11-19)28-14-5-4-6-15-28/h7-13,18H,4-6,14-15H2,1-3H3,(H,24,30). The van der Waals surface area contributed by atoms with Gasteiger partial charge in [-0.05, 0) is 91.9 Å². The van der Waals surface area contributed by atoms with Crippen LogP contribution in [-0.2, 0) is 4.79 Å². The predicted molar refractivity (Wildman–Crippen MR) is 125 cm³/mol. The number of nitrogens with zero attached hydrogens (tertiary/aromatic N) is 5. The van der Waals surface area contributed by atoms with E-state index < -0.39 is 0 Å². The Hall–Kier alpha value is -2.87. The zero-order chi connectivity index (χ0) is 21.8. The van der Waals surface area contributed by atoms with Crippen molar-refractivity contribution in [1.82, 2.24) is 20.2 Å². The van der Waals surface area contributed by atoms with Crippen LogP contribution in [0, 0.1) is 13.8 Å². The number of nitrogens with one attached hydrogen (secondary N) is 1. The smallest absolute Gasteiger partial charge is 0.237 e. The van der Waals surface area contributed by atoms with Gasteiger partial charge in [0.25, 0.3) is 0 Å². The SMILES string of the molecule is Cc1cccc(-n2nnnc2SC(C)C(=O)Nc2ccc(N3CCCCC3)cc2)c1C. The third kappa shape index (κ3) is 4.90. The van der Waals surface area contributed by atoms with Gasteiger partial charge < -0.3 is 10.2 Å². The van der Waals surface area contributed by atoms with E-state index >= 15 is 0 Å². The topological polar surface area (TPSA) is 75.9 Å². The number of aromatic nitrogens is 4. The van der Waals surface area contributed by atoms with Crippen molar-refractivity contribution in [2.24, 2.45) is 0 Å². The lowest BCUT2D eigenvalue weighted by molar-refractivity contribution is -0.115. The summed E-state index contributed by atoms with van der Waals surface area (Å²) in [5.74, 6) is -0.0776. The van der Waals surface area contributed by atoms with E-state index in [4.69, 9.17) is 0 Å². The van der Waals surface area contributed by atoms with Crippen molar-refractivity contribution in [2.75, 3.05) is 23.3 Å². The van der Waals surface area contributed by atoms with Crippen molar-refractivity contribution in [3.8, 4) is 5.69 Å². The lowest BCUT2D eigenvalue weighted by atomic mass is 10.1. The van der Waals surface area contributed by atoms with Crippen LogP contribution in [0.25, 0.3) is 5.69 Å². The third-order valence-corrected chi connectivity index (χ3v) is 6.79. The van der Waals surface area contributed by atoms with Gasteiger partial charge in [0.2, 0.25) is 11.1 Å². The molecule has 1 aliphatic heterocycles. The summed E-state index contributed by atoms with van der Waals surface area (Å²) in [6.45, 7) is 8.18. The zero-order valence-corrected chi connectivity index (χ0v) is 19.0. The molecule has 4 rings (SSSR count). The second-order valence-electron chi connectivity index (χ2n) is 7.94. The number of amides is 1. The van der Waals surface area contributed by atoms with Crippen LogP contribution in [0.1, 0.15) is 37.3 Å². The second-order valence-corrected chi connectivity index (χ2v) is 9.24. The molecule has 8 heteroatoms. The summed E-state index contributed by atoms with van der Waals surface area (Å²) in [6, 6.07) is 14.1. The van der Waals surface area contributed by atoms with Crippen molar-refractivity contribution in [3.05, 3.63) is 53.6 Å². The Morgan fingerprint density at radius 2 is 1.81 bits per heavy atom. The zero-order valence-electron chi connectivity index (χ0n) is 18.2. The minimum atomic E-state index is -0.350. The van der Waals surface area contributed by atoms with E-state index in [-0.39, 0.29) is 11.2 Å². The van der Waals surface area contributed by atoms with Gasteiger partial charge in [-0.3, -0.25) is 4.79 Å². The summed E-state index contributed by atoms with van der Waals surface area (Å²) in [5.41, 5.74) is 5.22. The van der Waals surface area contributed by atoms with Crippen molar-refractivity contribution in [2.45, 2.75) is 50.4 Å². The van der Waals surface area contributed by atoms with Gasteiger partial charge in [0.05, 0.1) is 10.9 Å². The van der Waals surface area contributed by atoms with E-state index in [1.807, 2.05) is 38.1 Å². The summed E-state index contributed by atoms with van der Waals surface area (Å²) in [6.07, 6.45) is 3.80. The normalized spacial score (nSPS) is 15.0. The monoisotopic (exact) mass is 436 g/mol. The number of tetrazole rings is 1. The maximum atomic E-state index is 12.8. The molecule has 0 aliphatic carbocycles. The number of aryl methyl sites for hydroxylation is 1. The van der Waals surface area contributed by atoms with Crippen molar-refractivity contribution >= 4 is 29.0 Å². The van der Waals surface area contributed by atoms with Crippen LogP contribution >= 0.6 is 11.8 Å². The highest BCUT2D eigenvalue weighted by atomic mass is 32.2. The Bertz CT molecular complexity index is 1040. The summed E-state index contributed by atoms with van der Waals surface area (Å²) in [5, 5.41) is 15.3. The number of benzene rings is 2. The number of rotatable bonds is 6. The lowest BCUT2D eigenvalue weighted by Gasteiger charge is -2.28. The van der Waals surface area contributed by atoms with Gasteiger partial charge in [0.1, 0.15) is 0 Å². The molecule has 3 aromatic rings. The molecule has 1 atom stereocenters. The van der Waals surface area contributed by atoms with Gasteiger partial charge in [0, 0.05) is 24.5 Å². The highest BCUT2D eigenvalue weighted by Gasteiger charge is 2.20. The lowest BCUT2D eigenvalue weighted by Crippen LogP contribution is -2.29. The van der Waals surface area contributed by atoms with Crippen LogP contribution in [0.2, 0.25) is 0 Å². The highest BCUT2D eigenvalue weighted by molar-refractivity contribution is 8.00. The van der Waals surface area contributed by atoms with Crippen LogP contribution in [0.5, 0.6) is 0 Å². The molecule has 0 radical (unpaired) electrons. The van der Waals surface area contributed by atoms with E-state index in [9.17, 15) is 4.79 Å². The molecular formula is C23H28N6OS. The number of anilines is 2. The van der Waals surface area contributed by atoms with E-state index in [0.29, 0.717) is 5.16 Å². The number of piperidine rings is 1. The van der Waals surface area contributed by atoms with E-state index in [2.05, 4.69) is 50.9 Å². The van der Waals surface area contributed by atoms with Crippen LogP contribution in [0.4, 0.5) is 11.4 Å². The van der Waals surface area contributed by atoms with Crippen molar-refractivity contribution < 1.29 is 4.79 Å². The molecule has 0 bridgehead atoms. The minimum absolute atomic E-state index is 0.0776. The fourth-order valence-corrected chi connectivity index (χ4v) is 4.53. The second kappa shape index (κ2) is 9.51. The Labute approximate surface area is 187 Å². The van der Waals surface area contributed by atoms with E-state index in [0.717, 1.165) is 30.0 Å². The van der Waals surface area contributed by atoms with Gasteiger partial charge in [-0.1, -0.05) is 23.9 Å². The molecule has 1 amide bonds. The molecule has 162 valence electrons. The van der Waals surface area contributed by atoms with Gasteiger partial charge in [0.15, 0.2) is 0 Å². The first-order valence-electron chi connectivity index (χ1n) is 10.7. The average Bonchev–Trinajstić information content (AvgIpc) is 3.24. The van der Waals surface area contributed by atoms with Gasteiger partial charge >= 0.3 is 0 Å². The first-order valence-corrected chi connectivity index (χ1v) is 11.6. The maximum absolute atomic E-state index is 12.8. The van der Waals surface area contributed by atoms with Gasteiger partial charge in [-0.25, -0.2) is 0 Å². The van der Waals surface area contributed by atoms with E-state index in [1.165, 1.54) is 42.3 Å². The Morgan fingerprint density at radius 3 is 2.55 bits per heavy atom.